The van der Waals surface area contributed by atoms with E-state index in [0.717, 1.165) is 37.8 Å². The van der Waals surface area contributed by atoms with Crippen molar-refractivity contribution in [2.75, 3.05) is 6.54 Å². The van der Waals surface area contributed by atoms with Crippen molar-refractivity contribution in [1.82, 2.24) is 4.72 Å². The lowest BCUT2D eigenvalue weighted by Gasteiger charge is -2.31. The van der Waals surface area contributed by atoms with Gasteiger partial charge in [0, 0.05) is 6.04 Å². The van der Waals surface area contributed by atoms with Crippen molar-refractivity contribution in [3.05, 3.63) is 23.2 Å². The Morgan fingerprint density at radius 3 is 2.58 bits per heavy atom. The van der Waals surface area contributed by atoms with Gasteiger partial charge >= 0.3 is 6.61 Å². The highest BCUT2D eigenvalue weighted by Crippen LogP contribution is 2.30. The van der Waals surface area contributed by atoms with Gasteiger partial charge in [0.05, 0.1) is 9.92 Å². The molecule has 1 aromatic carbocycles. The number of sulfonamides is 1. The minimum Gasteiger partial charge on any atom is -0.433 e. The zero-order valence-electron chi connectivity index (χ0n) is 12.8. The highest BCUT2D eigenvalue weighted by Gasteiger charge is 2.29. The third-order valence-electron chi connectivity index (χ3n) is 3.95. The van der Waals surface area contributed by atoms with Gasteiger partial charge in [-0.05, 0) is 43.5 Å². The Bertz CT molecular complexity index is 647. The second kappa shape index (κ2) is 9.15. The monoisotopic (exact) mass is 404 g/mol. The quantitative estimate of drug-likeness (QED) is 0.762. The predicted octanol–water partition coefficient (Wildman–Crippen LogP) is 3.16. The summed E-state index contributed by atoms with van der Waals surface area (Å²) in [4.78, 5) is -0.0922. The topological polar surface area (TPSA) is 81.4 Å². The highest BCUT2D eigenvalue weighted by molar-refractivity contribution is 7.89. The van der Waals surface area contributed by atoms with Crippen molar-refractivity contribution in [3.8, 4) is 5.75 Å². The van der Waals surface area contributed by atoms with Gasteiger partial charge in [-0.25, -0.2) is 13.1 Å². The Labute approximate surface area is 151 Å². The van der Waals surface area contributed by atoms with Crippen molar-refractivity contribution < 1.29 is 21.9 Å². The Hall–Kier alpha value is -0.670. The van der Waals surface area contributed by atoms with E-state index in [2.05, 4.69) is 9.46 Å². The molecule has 24 heavy (non-hydrogen) atoms. The van der Waals surface area contributed by atoms with Crippen molar-refractivity contribution in [3.63, 3.8) is 0 Å². The zero-order chi connectivity index (χ0) is 17.0. The molecule has 1 aliphatic carbocycles. The standard InChI is InChI=1S/C14H19ClF2N2O3S.ClH/c15-11-7-10(5-6-13(11)22-14(16)17)23(20,21)19-12-4-2-1-3-9(12)8-18;/h5-7,9,12,14,19H,1-4,8,18H2;1H. The van der Waals surface area contributed by atoms with Crippen molar-refractivity contribution >= 4 is 34.0 Å². The summed E-state index contributed by atoms with van der Waals surface area (Å²) in [5.41, 5.74) is 5.70. The van der Waals surface area contributed by atoms with Gasteiger partial charge in [-0.1, -0.05) is 24.4 Å². The van der Waals surface area contributed by atoms with E-state index >= 15 is 0 Å². The molecule has 0 aliphatic heterocycles. The lowest BCUT2D eigenvalue weighted by Crippen LogP contribution is -2.44. The number of nitrogens with two attached hydrogens (primary N) is 1. The van der Waals surface area contributed by atoms with E-state index < -0.39 is 16.6 Å². The summed E-state index contributed by atoms with van der Waals surface area (Å²) in [6.07, 6.45) is 3.57. The summed E-state index contributed by atoms with van der Waals surface area (Å²) in [7, 11) is -3.80. The second-order valence-corrected chi connectivity index (χ2v) is 7.60. The second-order valence-electron chi connectivity index (χ2n) is 5.48. The van der Waals surface area contributed by atoms with E-state index in [1.165, 1.54) is 6.07 Å². The van der Waals surface area contributed by atoms with Crippen LogP contribution in [0.5, 0.6) is 5.75 Å². The van der Waals surface area contributed by atoms with Crippen LogP contribution in [0.3, 0.4) is 0 Å². The maximum atomic E-state index is 12.4. The molecule has 0 heterocycles. The van der Waals surface area contributed by atoms with E-state index in [4.69, 9.17) is 17.3 Å². The highest BCUT2D eigenvalue weighted by atomic mass is 35.5. The average Bonchev–Trinajstić information content (AvgIpc) is 2.49. The summed E-state index contributed by atoms with van der Waals surface area (Å²) in [6.45, 7) is -2.62. The minimum atomic E-state index is -3.80. The molecule has 1 fully saturated rings. The van der Waals surface area contributed by atoms with Gasteiger partial charge in [0.15, 0.2) is 0 Å². The lowest BCUT2D eigenvalue weighted by molar-refractivity contribution is -0.0498. The number of rotatable bonds is 6. The van der Waals surface area contributed by atoms with Crippen LogP contribution in [-0.2, 0) is 10.0 Å². The predicted molar refractivity (Wildman–Crippen MR) is 90.5 cm³/mol. The molecule has 2 atom stereocenters. The van der Waals surface area contributed by atoms with Gasteiger partial charge in [-0.3, -0.25) is 0 Å². The normalized spacial score (nSPS) is 21.4. The number of alkyl halides is 2. The minimum absolute atomic E-state index is 0. The third-order valence-corrected chi connectivity index (χ3v) is 5.73. The molecule has 0 saturated heterocycles. The Morgan fingerprint density at radius 2 is 2.00 bits per heavy atom. The molecular formula is C14H20Cl2F2N2O3S. The van der Waals surface area contributed by atoms with Gasteiger partial charge in [-0.15, -0.1) is 12.4 Å². The maximum absolute atomic E-state index is 12.4. The number of ether oxygens (including phenoxy) is 1. The molecule has 0 radical (unpaired) electrons. The van der Waals surface area contributed by atoms with Crippen molar-refractivity contribution in [2.45, 2.75) is 43.2 Å². The van der Waals surface area contributed by atoms with E-state index in [1.54, 1.807) is 0 Å². The number of nitrogens with one attached hydrogen (secondary N) is 1. The number of hydrogen-bond acceptors (Lipinski definition) is 4. The van der Waals surface area contributed by atoms with Crippen LogP contribution in [0, 0.1) is 5.92 Å². The first-order valence-electron chi connectivity index (χ1n) is 7.30. The molecule has 138 valence electrons. The van der Waals surface area contributed by atoms with E-state index in [-0.39, 0.29) is 40.0 Å². The van der Waals surface area contributed by atoms with Gasteiger partial charge in [0.25, 0.3) is 0 Å². The Morgan fingerprint density at radius 1 is 1.33 bits per heavy atom. The average molecular weight is 405 g/mol. The van der Waals surface area contributed by atoms with Crippen LogP contribution in [0.25, 0.3) is 0 Å². The van der Waals surface area contributed by atoms with Gasteiger partial charge in [0.2, 0.25) is 10.0 Å². The summed E-state index contributed by atoms with van der Waals surface area (Å²) in [6, 6.07) is 3.17. The molecule has 1 aromatic rings. The first-order valence-corrected chi connectivity index (χ1v) is 9.16. The summed E-state index contributed by atoms with van der Waals surface area (Å²) >= 11 is 5.81. The smallest absolute Gasteiger partial charge is 0.387 e. The molecule has 0 bridgehead atoms. The molecule has 0 spiro atoms. The summed E-state index contributed by atoms with van der Waals surface area (Å²) < 4.78 is 56.1. The van der Waals surface area contributed by atoms with E-state index in [0.29, 0.717) is 6.54 Å². The molecule has 1 aliphatic rings. The molecule has 2 rings (SSSR count). The maximum Gasteiger partial charge on any atom is 0.387 e. The molecule has 3 N–H and O–H groups in total. The number of hydrogen-bond donors (Lipinski definition) is 2. The number of halogens is 4. The third kappa shape index (κ3) is 5.42. The molecule has 2 unspecified atom stereocenters. The Balaban J connectivity index is 0.00000288. The molecule has 0 amide bonds. The molecular weight excluding hydrogens is 385 g/mol. The summed E-state index contributed by atoms with van der Waals surface area (Å²) in [5, 5.41) is -0.188. The zero-order valence-corrected chi connectivity index (χ0v) is 15.1. The first kappa shape index (κ1) is 21.4. The van der Waals surface area contributed by atoms with Crippen LogP contribution in [0.2, 0.25) is 5.02 Å². The van der Waals surface area contributed by atoms with Gasteiger partial charge < -0.3 is 10.5 Å². The van der Waals surface area contributed by atoms with Crippen LogP contribution in [-0.4, -0.2) is 27.6 Å². The lowest BCUT2D eigenvalue weighted by atomic mass is 9.85. The fraction of sp³-hybridized carbons (Fsp3) is 0.571. The fourth-order valence-corrected chi connectivity index (χ4v) is 4.41. The van der Waals surface area contributed by atoms with Gasteiger partial charge in [-0.2, -0.15) is 8.78 Å². The number of benzene rings is 1. The van der Waals surface area contributed by atoms with E-state index in [1.807, 2.05) is 0 Å². The largest absolute Gasteiger partial charge is 0.433 e. The molecule has 5 nitrogen and oxygen atoms in total. The van der Waals surface area contributed by atoms with Crippen LogP contribution in [0.15, 0.2) is 23.1 Å². The summed E-state index contributed by atoms with van der Waals surface area (Å²) in [5.74, 6) is -0.173. The fourth-order valence-electron chi connectivity index (χ4n) is 2.75. The van der Waals surface area contributed by atoms with Crippen LogP contribution in [0.1, 0.15) is 25.7 Å². The SMILES string of the molecule is Cl.NCC1CCCCC1NS(=O)(=O)c1ccc(OC(F)F)c(Cl)c1. The molecule has 1 saturated carbocycles. The molecule has 10 heteroatoms. The van der Waals surface area contributed by atoms with Crippen LogP contribution >= 0.6 is 24.0 Å². The first-order chi connectivity index (χ1) is 10.8. The molecule has 0 aromatic heterocycles. The van der Waals surface area contributed by atoms with Crippen molar-refractivity contribution in [1.29, 1.82) is 0 Å². The van der Waals surface area contributed by atoms with E-state index in [9.17, 15) is 17.2 Å². The van der Waals surface area contributed by atoms with Crippen molar-refractivity contribution in [2.24, 2.45) is 11.7 Å². The van der Waals surface area contributed by atoms with Crippen LogP contribution in [0.4, 0.5) is 8.78 Å². The van der Waals surface area contributed by atoms with Crippen LogP contribution < -0.4 is 15.2 Å². The van der Waals surface area contributed by atoms with Gasteiger partial charge in [0.1, 0.15) is 5.75 Å². The Kier molecular flexibility index (Phi) is 8.14.